The third kappa shape index (κ3) is 2.22. The van der Waals surface area contributed by atoms with Crippen LogP contribution in [0.15, 0.2) is 18.2 Å². The zero-order valence-corrected chi connectivity index (χ0v) is 11.9. The third-order valence-electron chi connectivity index (χ3n) is 4.17. The summed E-state index contributed by atoms with van der Waals surface area (Å²) >= 11 is 0. The van der Waals surface area contributed by atoms with Crippen LogP contribution in [0.2, 0.25) is 0 Å². The number of nitrogens with zero attached hydrogens (tertiary/aromatic N) is 2. The molecule has 0 bridgehead atoms. The lowest BCUT2D eigenvalue weighted by Crippen LogP contribution is -2.34. The molecule has 7 heteroatoms. The lowest BCUT2D eigenvalue weighted by atomic mass is 10.1. The molecule has 2 aliphatic heterocycles. The highest BCUT2D eigenvalue weighted by molar-refractivity contribution is 6.21. The highest BCUT2D eigenvalue weighted by Gasteiger charge is 2.45. The van der Waals surface area contributed by atoms with E-state index in [0.29, 0.717) is 13.0 Å². The number of benzene rings is 1. The Morgan fingerprint density at radius 2 is 2.00 bits per heavy atom. The van der Waals surface area contributed by atoms with Gasteiger partial charge in [-0.2, -0.15) is 0 Å². The maximum atomic E-state index is 13.9. The van der Waals surface area contributed by atoms with E-state index in [-0.39, 0.29) is 17.2 Å². The molecule has 1 aromatic carbocycles. The second-order valence-corrected chi connectivity index (χ2v) is 5.54. The van der Waals surface area contributed by atoms with Crippen molar-refractivity contribution in [1.82, 2.24) is 4.90 Å². The zero-order chi connectivity index (χ0) is 15.9. The summed E-state index contributed by atoms with van der Waals surface area (Å²) in [6.07, 6.45) is 3.37. The zero-order valence-electron chi connectivity index (χ0n) is 11.9. The summed E-state index contributed by atoms with van der Waals surface area (Å²) < 4.78 is 13.9. The third-order valence-corrected chi connectivity index (χ3v) is 4.17. The summed E-state index contributed by atoms with van der Waals surface area (Å²) in [6, 6.07) is 2.67. The largest absolute Gasteiger partial charge is 0.366 e. The van der Waals surface area contributed by atoms with Gasteiger partial charge in [-0.15, -0.1) is 0 Å². The number of primary amides is 1. The Bertz CT molecular complexity index is 637. The number of amides is 4. The number of hydrogen-bond donors (Lipinski definition) is 1. The van der Waals surface area contributed by atoms with Gasteiger partial charge < -0.3 is 10.6 Å². The Kier molecular flexibility index (Phi) is 3.56. The number of carbonyl (C=O) groups is 3. The van der Waals surface area contributed by atoms with Gasteiger partial charge in [-0.1, -0.05) is 12.8 Å². The predicted octanol–water partition coefficient (Wildman–Crippen LogP) is 1.64. The summed E-state index contributed by atoms with van der Waals surface area (Å²) in [5.41, 5.74) is 4.91. The monoisotopic (exact) mass is 305 g/mol. The van der Waals surface area contributed by atoms with Crippen molar-refractivity contribution < 1.29 is 18.8 Å². The average molecular weight is 305 g/mol. The van der Waals surface area contributed by atoms with Crippen LogP contribution >= 0.6 is 0 Å². The van der Waals surface area contributed by atoms with Gasteiger partial charge in [-0.3, -0.25) is 9.59 Å². The minimum atomic E-state index is -0.892. The maximum Gasteiger partial charge on any atom is 0.332 e. The van der Waals surface area contributed by atoms with Crippen molar-refractivity contribution in [2.24, 2.45) is 5.73 Å². The number of anilines is 1. The molecule has 2 N–H and O–H groups in total. The van der Waals surface area contributed by atoms with Gasteiger partial charge in [0.25, 0.3) is 11.8 Å². The van der Waals surface area contributed by atoms with Crippen LogP contribution in [0, 0.1) is 5.82 Å². The Labute approximate surface area is 126 Å². The molecule has 2 heterocycles. The number of fused-ring (bicyclic) bond motifs is 1. The van der Waals surface area contributed by atoms with Crippen molar-refractivity contribution in [3.8, 4) is 0 Å². The molecule has 6 nitrogen and oxygen atoms in total. The molecule has 2 saturated heterocycles. The van der Waals surface area contributed by atoms with Crippen LogP contribution in [-0.4, -0.2) is 35.3 Å². The van der Waals surface area contributed by atoms with Gasteiger partial charge in [0, 0.05) is 6.54 Å². The molecule has 2 aliphatic rings. The van der Waals surface area contributed by atoms with Crippen LogP contribution in [0.5, 0.6) is 0 Å². The van der Waals surface area contributed by atoms with Crippen LogP contribution in [0.1, 0.15) is 36.0 Å². The molecule has 1 aromatic rings. The van der Waals surface area contributed by atoms with Gasteiger partial charge in [-0.05, 0) is 31.0 Å². The van der Waals surface area contributed by atoms with Crippen LogP contribution in [0.25, 0.3) is 0 Å². The Balaban J connectivity index is 1.95. The molecule has 4 amide bonds. The lowest BCUT2D eigenvalue weighted by molar-refractivity contribution is -0.119. The highest BCUT2D eigenvalue weighted by Crippen LogP contribution is 2.30. The molecule has 2 fully saturated rings. The fourth-order valence-electron chi connectivity index (χ4n) is 3.05. The molecular weight excluding hydrogens is 289 g/mol. The lowest BCUT2D eigenvalue weighted by Gasteiger charge is -2.18. The Hall–Kier alpha value is -2.44. The van der Waals surface area contributed by atoms with Crippen molar-refractivity contribution >= 4 is 23.5 Å². The number of imide groups is 1. The standard InChI is InChI=1S/C15H16FN3O3/c16-11-8-9(5-6-10(11)13(17)20)19-14(21)12-4-2-1-3-7-18(12)15(19)22/h5-6,8,12H,1-4,7H2,(H2,17,20). The van der Waals surface area contributed by atoms with Crippen LogP contribution in [0.3, 0.4) is 0 Å². The Morgan fingerprint density at radius 3 is 2.68 bits per heavy atom. The number of urea groups is 1. The second kappa shape index (κ2) is 5.40. The van der Waals surface area contributed by atoms with E-state index in [4.69, 9.17) is 5.73 Å². The fourth-order valence-corrected chi connectivity index (χ4v) is 3.05. The van der Waals surface area contributed by atoms with Gasteiger partial charge >= 0.3 is 6.03 Å². The highest BCUT2D eigenvalue weighted by atomic mass is 19.1. The SMILES string of the molecule is NC(=O)c1ccc(N2C(=O)C3CCCCCN3C2=O)cc1F. The number of halogens is 1. The van der Waals surface area contributed by atoms with E-state index in [1.807, 2.05) is 0 Å². The van der Waals surface area contributed by atoms with Gasteiger partial charge in [0.15, 0.2) is 0 Å². The molecule has 0 aromatic heterocycles. The van der Waals surface area contributed by atoms with Gasteiger partial charge in [0.1, 0.15) is 11.9 Å². The van der Waals surface area contributed by atoms with Crippen molar-refractivity contribution in [2.45, 2.75) is 31.7 Å². The number of carbonyl (C=O) groups excluding carboxylic acids is 3. The van der Waals surface area contributed by atoms with Crippen molar-refractivity contribution in [3.05, 3.63) is 29.6 Å². The number of hydrogen-bond acceptors (Lipinski definition) is 3. The van der Waals surface area contributed by atoms with Crippen molar-refractivity contribution in [1.29, 1.82) is 0 Å². The van der Waals surface area contributed by atoms with E-state index >= 15 is 0 Å². The van der Waals surface area contributed by atoms with Crippen LogP contribution in [0.4, 0.5) is 14.9 Å². The van der Waals surface area contributed by atoms with Gasteiger partial charge in [0.05, 0.1) is 11.3 Å². The summed E-state index contributed by atoms with van der Waals surface area (Å²) in [6.45, 7) is 0.535. The van der Waals surface area contributed by atoms with Crippen molar-refractivity contribution in [2.75, 3.05) is 11.4 Å². The summed E-state index contributed by atoms with van der Waals surface area (Å²) in [5, 5.41) is 0. The number of rotatable bonds is 2. The number of nitrogens with two attached hydrogens (primary N) is 1. The smallest absolute Gasteiger partial charge is 0.332 e. The first-order valence-corrected chi connectivity index (χ1v) is 7.24. The first-order valence-electron chi connectivity index (χ1n) is 7.24. The van der Waals surface area contributed by atoms with E-state index in [1.165, 1.54) is 12.1 Å². The molecule has 0 saturated carbocycles. The minimum Gasteiger partial charge on any atom is -0.366 e. The summed E-state index contributed by atoms with van der Waals surface area (Å²) in [7, 11) is 0. The average Bonchev–Trinajstić information content (AvgIpc) is 2.65. The molecule has 22 heavy (non-hydrogen) atoms. The first kappa shape index (κ1) is 14.5. The molecule has 1 atom stereocenters. The van der Waals surface area contributed by atoms with Crippen molar-refractivity contribution in [3.63, 3.8) is 0 Å². The van der Waals surface area contributed by atoms with E-state index in [2.05, 4.69) is 0 Å². The molecular formula is C15H16FN3O3. The van der Waals surface area contributed by atoms with Crippen LogP contribution < -0.4 is 10.6 Å². The molecule has 0 radical (unpaired) electrons. The molecule has 1 unspecified atom stereocenters. The molecule has 0 aliphatic carbocycles. The fraction of sp³-hybridized carbons (Fsp3) is 0.400. The maximum absolute atomic E-state index is 13.9. The van der Waals surface area contributed by atoms with Crippen LogP contribution in [-0.2, 0) is 4.79 Å². The van der Waals surface area contributed by atoms with E-state index in [0.717, 1.165) is 30.2 Å². The molecule has 116 valence electrons. The summed E-state index contributed by atoms with van der Waals surface area (Å²) in [5.74, 6) is -2.07. The molecule has 3 rings (SSSR count). The van der Waals surface area contributed by atoms with Gasteiger partial charge in [0.2, 0.25) is 0 Å². The normalized spacial score (nSPS) is 21.8. The minimum absolute atomic E-state index is 0.130. The first-order chi connectivity index (χ1) is 10.5. The quantitative estimate of drug-likeness (QED) is 0.843. The van der Waals surface area contributed by atoms with E-state index in [9.17, 15) is 18.8 Å². The topological polar surface area (TPSA) is 83.7 Å². The summed E-state index contributed by atoms with van der Waals surface area (Å²) in [4.78, 5) is 38.5. The predicted molar refractivity (Wildman–Crippen MR) is 76.8 cm³/mol. The van der Waals surface area contributed by atoms with Gasteiger partial charge in [-0.25, -0.2) is 14.1 Å². The second-order valence-electron chi connectivity index (χ2n) is 5.54. The Morgan fingerprint density at radius 1 is 1.23 bits per heavy atom. The van der Waals surface area contributed by atoms with E-state index in [1.54, 1.807) is 4.90 Å². The molecule has 0 spiro atoms. The van der Waals surface area contributed by atoms with E-state index < -0.39 is 23.8 Å².